The average Bonchev–Trinajstić information content (AvgIpc) is 3.20. The fourth-order valence-corrected chi connectivity index (χ4v) is 7.99. The standard InChI is InChI=1S/C30H34N2O6/c1-16-14-29-17(2)12-21-23(28(21,3)4)20(25(29)35)13-18(15-33)24(34)30(29,37)26(16)38-27(36)22-10-11-31-32(22)19-8-6-5-7-9-19/h5-11,13-14,17,20-21,23-24,26,33-34,37H,12,15H2,1-4H3/t17-,20+,21-,23?,24-,26+,29+,30+/m1/s1. The minimum Gasteiger partial charge on any atom is -0.450 e. The van der Waals surface area contributed by atoms with Crippen LogP contribution >= 0.6 is 0 Å². The van der Waals surface area contributed by atoms with Crippen molar-refractivity contribution in [2.45, 2.75) is 51.9 Å². The fraction of sp³-hybridized carbons (Fsp3) is 0.500. The van der Waals surface area contributed by atoms with E-state index in [0.29, 0.717) is 17.7 Å². The first-order valence-electron chi connectivity index (χ1n) is 13.3. The maximum absolute atomic E-state index is 14.4. The molecule has 2 aromatic rings. The van der Waals surface area contributed by atoms with Crippen molar-refractivity contribution in [3.8, 4) is 5.69 Å². The smallest absolute Gasteiger partial charge is 0.357 e. The Morgan fingerprint density at radius 1 is 1.21 bits per heavy atom. The predicted molar refractivity (Wildman–Crippen MR) is 138 cm³/mol. The van der Waals surface area contributed by atoms with Crippen molar-refractivity contribution in [1.29, 1.82) is 0 Å². The van der Waals surface area contributed by atoms with E-state index < -0.39 is 41.7 Å². The normalized spacial score (nSPS) is 38.8. The molecule has 2 fully saturated rings. The number of para-hydroxylation sites is 1. The first-order chi connectivity index (χ1) is 18.0. The molecule has 3 N–H and O–H groups in total. The van der Waals surface area contributed by atoms with Gasteiger partial charge in [0.15, 0.2) is 23.2 Å². The molecule has 6 rings (SSSR count). The number of aromatic nitrogens is 2. The monoisotopic (exact) mass is 518 g/mol. The number of nitrogens with zero attached hydrogens (tertiary/aromatic N) is 2. The van der Waals surface area contributed by atoms with Gasteiger partial charge < -0.3 is 20.1 Å². The quantitative estimate of drug-likeness (QED) is 0.420. The van der Waals surface area contributed by atoms with Crippen LogP contribution in [0.15, 0.2) is 65.9 Å². The van der Waals surface area contributed by atoms with E-state index in [-0.39, 0.29) is 40.2 Å². The second-order valence-corrected chi connectivity index (χ2v) is 12.1. The van der Waals surface area contributed by atoms with E-state index in [0.717, 1.165) is 0 Å². The van der Waals surface area contributed by atoms with Crippen LogP contribution in [0.1, 0.15) is 44.6 Å². The number of ketones is 1. The summed E-state index contributed by atoms with van der Waals surface area (Å²) in [5.74, 6) is -1.46. The van der Waals surface area contributed by atoms with Gasteiger partial charge in [0.2, 0.25) is 0 Å². The number of fused-ring (bicyclic) bond motifs is 3. The van der Waals surface area contributed by atoms with Crippen LogP contribution in [0.3, 0.4) is 0 Å². The van der Waals surface area contributed by atoms with E-state index in [9.17, 15) is 24.9 Å². The summed E-state index contributed by atoms with van der Waals surface area (Å²) in [5, 5.41) is 38.7. The van der Waals surface area contributed by atoms with E-state index in [1.165, 1.54) is 16.9 Å². The summed E-state index contributed by atoms with van der Waals surface area (Å²) in [4.78, 5) is 28.0. The molecule has 38 heavy (non-hydrogen) atoms. The summed E-state index contributed by atoms with van der Waals surface area (Å²) in [6.45, 7) is 7.43. The van der Waals surface area contributed by atoms with Crippen LogP contribution in [0.4, 0.5) is 0 Å². The van der Waals surface area contributed by atoms with Gasteiger partial charge in [-0.15, -0.1) is 0 Å². The lowest BCUT2D eigenvalue weighted by atomic mass is 9.59. The van der Waals surface area contributed by atoms with Gasteiger partial charge in [0, 0.05) is 5.92 Å². The summed E-state index contributed by atoms with van der Waals surface area (Å²) >= 11 is 0. The summed E-state index contributed by atoms with van der Waals surface area (Å²) in [6, 6.07) is 10.6. The predicted octanol–water partition coefficient (Wildman–Crippen LogP) is 2.87. The third-order valence-electron chi connectivity index (χ3n) is 9.97. The van der Waals surface area contributed by atoms with Gasteiger partial charge in [-0.25, -0.2) is 9.48 Å². The average molecular weight is 519 g/mol. The van der Waals surface area contributed by atoms with Crippen LogP contribution in [0.25, 0.3) is 5.69 Å². The topological polar surface area (TPSA) is 122 Å². The van der Waals surface area contributed by atoms with Crippen LogP contribution in [-0.2, 0) is 9.53 Å². The van der Waals surface area contributed by atoms with Crippen molar-refractivity contribution in [1.82, 2.24) is 9.78 Å². The highest BCUT2D eigenvalue weighted by Crippen LogP contribution is 2.71. The molecule has 200 valence electrons. The fourth-order valence-electron chi connectivity index (χ4n) is 7.99. The number of rotatable bonds is 4. The number of Topliss-reactive ketones (excluding diaryl/α,β-unsaturated/α-hetero) is 1. The van der Waals surface area contributed by atoms with Crippen molar-refractivity contribution < 1.29 is 29.6 Å². The highest BCUT2D eigenvalue weighted by molar-refractivity contribution is 5.96. The largest absolute Gasteiger partial charge is 0.450 e. The number of carbonyl (C=O) groups excluding carboxylic acids is 2. The lowest BCUT2D eigenvalue weighted by Crippen LogP contribution is -2.65. The molecule has 1 unspecified atom stereocenters. The lowest BCUT2D eigenvalue weighted by molar-refractivity contribution is -0.190. The summed E-state index contributed by atoms with van der Waals surface area (Å²) in [5.41, 5.74) is -2.21. The molecule has 0 saturated heterocycles. The maximum Gasteiger partial charge on any atom is 0.357 e. The molecule has 1 spiro atoms. The number of aliphatic hydroxyl groups excluding tert-OH is 2. The van der Waals surface area contributed by atoms with E-state index >= 15 is 0 Å². The van der Waals surface area contributed by atoms with Crippen LogP contribution in [-0.4, -0.2) is 61.3 Å². The Labute approximate surface area is 221 Å². The van der Waals surface area contributed by atoms with Gasteiger partial charge in [-0.2, -0.15) is 5.10 Å². The number of benzene rings is 1. The number of allylic oxidation sites excluding steroid dienone is 1. The Morgan fingerprint density at radius 2 is 1.92 bits per heavy atom. The van der Waals surface area contributed by atoms with Gasteiger partial charge in [0.1, 0.15) is 6.10 Å². The molecule has 0 amide bonds. The zero-order chi connectivity index (χ0) is 27.2. The molecule has 4 aliphatic carbocycles. The second kappa shape index (κ2) is 8.21. The van der Waals surface area contributed by atoms with Gasteiger partial charge in [0.25, 0.3) is 0 Å². The van der Waals surface area contributed by atoms with Crippen LogP contribution < -0.4 is 0 Å². The molecule has 4 aliphatic rings. The minimum absolute atomic E-state index is 0.0558. The molecule has 1 aromatic heterocycles. The van der Waals surface area contributed by atoms with Crippen LogP contribution in [0.5, 0.6) is 0 Å². The number of ether oxygens (including phenoxy) is 1. The number of hydrogen-bond acceptors (Lipinski definition) is 7. The molecule has 2 saturated carbocycles. The number of carbonyl (C=O) groups is 2. The molecule has 1 heterocycles. The highest BCUT2D eigenvalue weighted by Gasteiger charge is 2.76. The zero-order valence-electron chi connectivity index (χ0n) is 22.0. The Balaban J connectivity index is 1.44. The van der Waals surface area contributed by atoms with Gasteiger partial charge in [0.05, 0.1) is 23.9 Å². The lowest BCUT2D eigenvalue weighted by Gasteiger charge is -2.48. The van der Waals surface area contributed by atoms with E-state index in [1.54, 1.807) is 31.2 Å². The summed E-state index contributed by atoms with van der Waals surface area (Å²) in [6.07, 6.45) is 2.68. The molecular weight excluding hydrogens is 484 g/mol. The Hall–Kier alpha value is -3.07. The highest BCUT2D eigenvalue weighted by atomic mass is 16.6. The third-order valence-corrected chi connectivity index (χ3v) is 9.97. The molecule has 8 atom stereocenters. The van der Waals surface area contributed by atoms with Crippen molar-refractivity contribution in [3.05, 3.63) is 71.6 Å². The van der Waals surface area contributed by atoms with Crippen LogP contribution in [0, 0.1) is 34.5 Å². The second-order valence-electron chi connectivity index (χ2n) is 12.1. The molecule has 0 radical (unpaired) electrons. The van der Waals surface area contributed by atoms with E-state index in [4.69, 9.17) is 4.74 Å². The SMILES string of the molecule is CC1=C[C@]23C(=O)[C@@H](C=C(CO)[C@@H](O)[C@]2(O)[C@H]1OC(=O)c1ccnn1-c1ccccc1)C1[C@@H](C[C@H]3C)C1(C)C. The van der Waals surface area contributed by atoms with Crippen molar-refractivity contribution in [3.63, 3.8) is 0 Å². The van der Waals surface area contributed by atoms with Crippen LogP contribution in [0.2, 0.25) is 0 Å². The van der Waals surface area contributed by atoms with Crippen molar-refractivity contribution in [2.24, 2.45) is 34.5 Å². The first kappa shape index (κ1) is 25.2. The Morgan fingerprint density at radius 3 is 2.61 bits per heavy atom. The van der Waals surface area contributed by atoms with Crippen molar-refractivity contribution in [2.75, 3.05) is 6.61 Å². The molecule has 8 heteroatoms. The minimum atomic E-state index is -2.18. The van der Waals surface area contributed by atoms with E-state index in [2.05, 4.69) is 18.9 Å². The van der Waals surface area contributed by atoms with Gasteiger partial charge in [-0.3, -0.25) is 4.79 Å². The van der Waals surface area contributed by atoms with Gasteiger partial charge in [-0.1, -0.05) is 51.1 Å². The number of hydrogen-bond donors (Lipinski definition) is 3. The molecular formula is C30H34N2O6. The Bertz CT molecular complexity index is 1380. The molecule has 2 bridgehead atoms. The number of aliphatic hydroxyl groups is 3. The maximum atomic E-state index is 14.4. The molecule has 0 aliphatic heterocycles. The van der Waals surface area contributed by atoms with Gasteiger partial charge >= 0.3 is 5.97 Å². The van der Waals surface area contributed by atoms with Gasteiger partial charge in [-0.05, 0) is 65.9 Å². The summed E-state index contributed by atoms with van der Waals surface area (Å²) in [7, 11) is 0. The zero-order valence-corrected chi connectivity index (χ0v) is 22.0. The molecule has 8 nitrogen and oxygen atoms in total. The molecule has 1 aromatic carbocycles. The third kappa shape index (κ3) is 3.05. The summed E-state index contributed by atoms with van der Waals surface area (Å²) < 4.78 is 7.43. The Kier molecular flexibility index (Phi) is 5.45. The van der Waals surface area contributed by atoms with E-state index in [1.807, 2.05) is 25.1 Å². The first-order valence-corrected chi connectivity index (χ1v) is 13.3. The van der Waals surface area contributed by atoms with Crippen molar-refractivity contribution >= 4 is 11.8 Å². The number of esters is 1.